The van der Waals surface area contributed by atoms with Gasteiger partial charge in [-0.1, -0.05) is 17.4 Å². The van der Waals surface area contributed by atoms with Gasteiger partial charge in [-0.3, -0.25) is 0 Å². The molecule has 7 heteroatoms. The third kappa shape index (κ3) is 2.48. The van der Waals surface area contributed by atoms with Crippen molar-refractivity contribution < 1.29 is 14.3 Å². The number of nitrogens with zero attached hydrogens (tertiary/aromatic N) is 3. The smallest absolute Gasteiger partial charge is 0.345 e. The van der Waals surface area contributed by atoms with Crippen LogP contribution >= 0.6 is 11.3 Å². The average Bonchev–Trinajstić information content (AvgIpc) is 3.17. The Hall–Kier alpha value is -2.93. The number of benzene rings is 1. The van der Waals surface area contributed by atoms with Crippen molar-refractivity contribution in [2.75, 3.05) is 7.11 Å². The Labute approximate surface area is 141 Å². The monoisotopic (exact) mass is 339 g/mol. The van der Waals surface area contributed by atoms with Gasteiger partial charge in [-0.05, 0) is 24.6 Å². The molecule has 0 radical (unpaired) electrons. The fourth-order valence-electron chi connectivity index (χ4n) is 2.56. The molecule has 0 amide bonds. The molecule has 0 aliphatic heterocycles. The Morgan fingerprint density at radius 3 is 2.92 bits per heavy atom. The van der Waals surface area contributed by atoms with Crippen LogP contribution in [0, 0.1) is 6.92 Å². The van der Waals surface area contributed by atoms with Crippen LogP contribution < -0.4 is 9.47 Å². The summed E-state index contributed by atoms with van der Waals surface area (Å²) in [5.41, 5.74) is 2.25. The van der Waals surface area contributed by atoms with E-state index < -0.39 is 5.97 Å². The number of esters is 1. The lowest BCUT2D eigenvalue weighted by Gasteiger charge is -2.02. The molecule has 0 spiro atoms. The van der Waals surface area contributed by atoms with Gasteiger partial charge in [0.25, 0.3) is 0 Å². The van der Waals surface area contributed by atoms with Crippen molar-refractivity contribution in [2.45, 2.75) is 6.92 Å². The van der Waals surface area contributed by atoms with E-state index in [0.29, 0.717) is 10.6 Å². The van der Waals surface area contributed by atoms with Gasteiger partial charge in [-0.25, -0.2) is 14.3 Å². The number of thiophene rings is 1. The molecular formula is C17H13N3O3S. The Bertz CT molecular complexity index is 1030. The molecule has 3 aromatic heterocycles. The minimum atomic E-state index is -0.428. The van der Waals surface area contributed by atoms with Crippen molar-refractivity contribution in [3.05, 3.63) is 54.1 Å². The van der Waals surface area contributed by atoms with Crippen LogP contribution in [-0.2, 0) is 0 Å². The molecule has 4 rings (SSSR count). The van der Waals surface area contributed by atoms with Crippen LogP contribution in [0.25, 0.3) is 15.6 Å². The van der Waals surface area contributed by atoms with Gasteiger partial charge in [0.2, 0.25) is 0 Å². The summed E-state index contributed by atoms with van der Waals surface area (Å²) in [7, 11) is 1.63. The van der Waals surface area contributed by atoms with Crippen LogP contribution in [0.15, 0.2) is 43.0 Å². The highest BCUT2D eigenvalue weighted by atomic mass is 32.1. The maximum Gasteiger partial charge on any atom is 0.345 e. The Balaban J connectivity index is 1.67. The summed E-state index contributed by atoms with van der Waals surface area (Å²) >= 11 is 1.38. The molecule has 0 atom stereocenters. The average molecular weight is 339 g/mol. The maximum atomic E-state index is 12.4. The van der Waals surface area contributed by atoms with Gasteiger partial charge in [0.1, 0.15) is 12.1 Å². The summed E-state index contributed by atoms with van der Waals surface area (Å²) in [6, 6.07) is 7.54. The molecule has 0 aliphatic rings. The Morgan fingerprint density at radius 2 is 2.12 bits per heavy atom. The van der Waals surface area contributed by atoms with E-state index in [2.05, 4.69) is 10.1 Å². The summed E-state index contributed by atoms with van der Waals surface area (Å²) in [4.78, 5) is 16.3. The number of methoxy groups -OCH3 is 1. The topological polar surface area (TPSA) is 65.7 Å². The molecule has 0 bridgehead atoms. The highest BCUT2D eigenvalue weighted by molar-refractivity contribution is 7.21. The van der Waals surface area contributed by atoms with Gasteiger partial charge in [-0.2, -0.15) is 5.10 Å². The molecule has 24 heavy (non-hydrogen) atoms. The van der Waals surface area contributed by atoms with Crippen molar-refractivity contribution in [2.24, 2.45) is 0 Å². The molecule has 0 saturated heterocycles. The summed E-state index contributed by atoms with van der Waals surface area (Å²) in [6.45, 7) is 2.00. The van der Waals surface area contributed by atoms with Gasteiger partial charge in [0, 0.05) is 17.6 Å². The van der Waals surface area contributed by atoms with Crippen molar-refractivity contribution in [1.82, 2.24) is 14.6 Å². The molecule has 0 N–H and O–H groups in total. The number of rotatable bonds is 3. The molecule has 0 unspecified atom stereocenters. The molecule has 4 aromatic rings. The number of carbonyl (C=O) groups is 1. The summed E-state index contributed by atoms with van der Waals surface area (Å²) < 4.78 is 13.5. The van der Waals surface area contributed by atoms with Crippen LogP contribution in [0.3, 0.4) is 0 Å². The molecule has 3 heterocycles. The van der Waals surface area contributed by atoms with Gasteiger partial charge < -0.3 is 9.47 Å². The first-order valence-electron chi connectivity index (χ1n) is 7.23. The van der Waals surface area contributed by atoms with Crippen LogP contribution in [0.2, 0.25) is 0 Å². The van der Waals surface area contributed by atoms with Crippen molar-refractivity contribution in [1.29, 1.82) is 0 Å². The predicted molar refractivity (Wildman–Crippen MR) is 91.1 cm³/mol. The first kappa shape index (κ1) is 14.6. The second-order valence-corrected chi connectivity index (χ2v) is 6.36. The fraction of sp³-hybridized carbons (Fsp3) is 0.118. The number of carbonyl (C=O) groups excluding carboxylic acids is 1. The number of aryl methyl sites for hydroxylation is 1. The Kier molecular flexibility index (Phi) is 3.42. The standard InChI is InChI=1S/C17H13N3O3S/c1-10-3-11-6-15(24-16(11)14(4-10)22-2)23-17(21)12-5-13-7-18-9-19-20(13)8-12/h3-9H,1-2H3. The number of hydrogen-bond donors (Lipinski definition) is 0. The van der Waals surface area contributed by atoms with E-state index in [4.69, 9.17) is 9.47 Å². The van der Waals surface area contributed by atoms with E-state index in [-0.39, 0.29) is 0 Å². The number of ether oxygens (including phenoxy) is 2. The third-order valence-corrected chi connectivity index (χ3v) is 4.68. The summed E-state index contributed by atoms with van der Waals surface area (Å²) in [5, 5.41) is 5.56. The van der Waals surface area contributed by atoms with Gasteiger partial charge in [-0.15, -0.1) is 0 Å². The lowest BCUT2D eigenvalue weighted by Crippen LogP contribution is -2.06. The second kappa shape index (κ2) is 5.61. The maximum absolute atomic E-state index is 12.4. The number of aromatic nitrogens is 3. The SMILES string of the molecule is COc1cc(C)cc2cc(OC(=O)c3cc4cncnn4c3)sc12. The van der Waals surface area contributed by atoms with Crippen LogP contribution in [0.1, 0.15) is 15.9 Å². The highest BCUT2D eigenvalue weighted by Gasteiger charge is 2.15. The van der Waals surface area contributed by atoms with Gasteiger partial charge in [0.15, 0.2) is 5.06 Å². The van der Waals surface area contributed by atoms with Crippen molar-refractivity contribution in [3.8, 4) is 10.8 Å². The lowest BCUT2D eigenvalue weighted by molar-refractivity contribution is 0.0741. The second-order valence-electron chi connectivity index (χ2n) is 5.35. The summed E-state index contributed by atoms with van der Waals surface area (Å²) in [5.74, 6) is 0.352. The van der Waals surface area contributed by atoms with Gasteiger partial charge in [0.05, 0.1) is 29.1 Å². The van der Waals surface area contributed by atoms with E-state index in [1.165, 1.54) is 17.7 Å². The van der Waals surface area contributed by atoms with Crippen LogP contribution in [0.5, 0.6) is 10.8 Å². The van der Waals surface area contributed by atoms with Crippen molar-refractivity contribution >= 4 is 32.9 Å². The van der Waals surface area contributed by atoms with Gasteiger partial charge >= 0.3 is 5.97 Å². The first-order valence-corrected chi connectivity index (χ1v) is 8.04. The minimum absolute atomic E-state index is 0.427. The predicted octanol–water partition coefficient (Wildman–Crippen LogP) is 3.48. The molecule has 120 valence electrons. The Morgan fingerprint density at radius 1 is 1.25 bits per heavy atom. The van der Waals surface area contributed by atoms with E-state index in [1.54, 1.807) is 30.1 Å². The molecule has 0 saturated carbocycles. The van der Waals surface area contributed by atoms with Crippen molar-refractivity contribution in [3.63, 3.8) is 0 Å². The zero-order chi connectivity index (χ0) is 16.7. The number of hydrogen-bond acceptors (Lipinski definition) is 6. The molecule has 6 nitrogen and oxygen atoms in total. The van der Waals surface area contributed by atoms with Crippen LogP contribution in [0.4, 0.5) is 0 Å². The summed E-state index contributed by atoms with van der Waals surface area (Å²) in [6.07, 6.45) is 4.68. The van der Waals surface area contributed by atoms with E-state index in [1.807, 2.05) is 25.1 Å². The molecule has 0 aliphatic carbocycles. The molecule has 0 fully saturated rings. The third-order valence-electron chi connectivity index (χ3n) is 3.63. The quantitative estimate of drug-likeness (QED) is 0.535. The largest absolute Gasteiger partial charge is 0.495 e. The van der Waals surface area contributed by atoms with E-state index in [9.17, 15) is 4.79 Å². The van der Waals surface area contributed by atoms with E-state index in [0.717, 1.165) is 26.9 Å². The highest BCUT2D eigenvalue weighted by Crippen LogP contribution is 2.38. The zero-order valence-electron chi connectivity index (χ0n) is 13.0. The first-order chi connectivity index (χ1) is 11.6. The minimum Gasteiger partial charge on any atom is -0.495 e. The fourth-order valence-corrected chi connectivity index (χ4v) is 3.55. The molecular weight excluding hydrogens is 326 g/mol. The zero-order valence-corrected chi connectivity index (χ0v) is 13.8. The molecule has 1 aromatic carbocycles. The normalized spacial score (nSPS) is 11.1. The van der Waals surface area contributed by atoms with Crippen LogP contribution in [-0.4, -0.2) is 27.7 Å². The van der Waals surface area contributed by atoms with E-state index >= 15 is 0 Å². The number of fused-ring (bicyclic) bond motifs is 2. The lowest BCUT2D eigenvalue weighted by atomic mass is 10.2.